The molecule has 1 saturated heterocycles. The summed E-state index contributed by atoms with van der Waals surface area (Å²) in [6.45, 7) is 2.15. The number of rotatable bonds is 1. The van der Waals surface area contributed by atoms with Crippen molar-refractivity contribution >= 4 is 5.91 Å². The first-order valence-corrected chi connectivity index (χ1v) is 5.36. The van der Waals surface area contributed by atoms with Gasteiger partial charge in [-0.1, -0.05) is 24.1 Å². The minimum absolute atomic E-state index is 0.0186. The maximum absolute atomic E-state index is 12.2. The van der Waals surface area contributed by atoms with Crippen molar-refractivity contribution in [3.8, 4) is 12.3 Å². The van der Waals surface area contributed by atoms with Crippen molar-refractivity contribution in [2.45, 2.75) is 6.04 Å². The van der Waals surface area contributed by atoms with Crippen molar-refractivity contribution in [3.63, 3.8) is 0 Å². The van der Waals surface area contributed by atoms with Crippen LogP contribution in [0.15, 0.2) is 30.3 Å². The number of terminal acetylenes is 1. The lowest BCUT2D eigenvalue weighted by atomic mass is 10.1. The molecule has 0 bridgehead atoms. The van der Waals surface area contributed by atoms with Gasteiger partial charge in [-0.3, -0.25) is 4.79 Å². The van der Waals surface area contributed by atoms with Crippen molar-refractivity contribution in [3.05, 3.63) is 35.9 Å². The molecule has 1 aromatic carbocycles. The Morgan fingerprint density at radius 3 is 2.88 bits per heavy atom. The lowest BCUT2D eigenvalue weighted by molar-refractivity contribution is 0.0689. The van der Waals surface area contributed by atoms with Gasteiger partial charge in [-0.25, -0.2) is 0 Å². The Kier molecular flexibility index (Phi) is 3.23. The number of nitrogens with zero attached hydrogens (tertiary/aromatic N) is 1. The number of nitrogens with one attached hydrogen (secondary N) is 1. The van der Waals surface area contributed by atoms with E-state index in [1.54, 1.807) is 4.90 Å². The van der Waals surface area contributed by atoms with E-state index >= 15 is 0 Å². The van der Waals surface area contributed by atoms with Crippen molar-refractivity contribution in [1.29, 1.82) is 0 Å². The highest BCUT2D eigenvalue weighted by molar-refractivity contribution is 5.94. The predicted molar refractivity (Wildman–Crippen MR) is 63.0 cm³/mol. The van der Waals surface area contributed by atoms with Crippen molar-refractivity contribution < 1.29 is 4.79 Å². The molecule has 82 valence electrons. The first kappa shape index (κ1) is 10.7. The molecule has 0 spiro atoms. The third-order valence-corrected chi connectivity index (χ3v) is 2.72. The zero-order valence-electron chi connectivity index (χ0n) is 9.02. The second kappa shape index (κ2) is 4.82. The Labute approximate surface area is 95.5 Å². The number of benzene rings is 1. The van der Waals surface area contributed by atoms with Crippen LogP contribution in [0.2, 0.25) is 0 Å². The van der Waals surface area contributed by atoms with Gasteiger partial charge in [0.05, 0.1) is 0 Å². The van der Waals surface area contributed by atoms with Crippen LogP contribution in [-0.4, -0.2) is 36.5 Å². The summed E-state index contributed by atoms with van der Waals surface area (Å²) >= 11 is 0. The molecule has 3 nitrogen and oxygen atoms in total. The fourth-order valence-electron chi connectivity index (χ4n) is 1.84. The molecule has 1 atom stereocenters. The molecule has 1 aliphatic rings. The van der Waals surface area contributed by atoms with Crippen LogP contribution < -0.4 is 5.32 Å². The summed E-state index contributed by atoms with van der Waals surface area (Å²) in [5.41, 5.74) is 0.699. The Hall–Kier alpha value is -1.79. The quantitative estimate of drug-likeness (QED) is 0.699. The van der Waals surface area contributed by atoms with E-state index in [-0.39, 0.29) is 11.9 Å². The van der Waals surface area contributed by atoms with Crippen LogP contribution in [0.25, 0.3) is 0 Å². The summed E-state index contributed by atoms with van der Waals surface area (Å²) in [4.78, 5) is 13.9. The molecular weight excluding hydrogens is 200 g/mol. The molecule has 1 N–H and O–H groups in total. The minimum Gasteiger partial charge on any atom is -0.322 e. The van der Waals surface area contributed by atoms with Gasteiger partial charge in [0.1, 0.15) is 6.04 Å². The van der Waals surface area contributed by atoms with Gasteiger partial charge in [-0.2, -0.15) is 0 Å². The smallest absolute Gasteiger partial charge is 0.254 e. The molecular formula is C13H14N2O. The fraction of sp³-hybridized carbons (Fsp3) is 0.308. The summed E-state index contributed by atoms with van der Waals surface area (Å²) in [7, 11) is 0. The van der Waals surface area contributed by atoms with Crippen molar-refractivity contribution in [2.75, 3.05) is 19.6 Å². The van der Waals surface area contributed by atoms with E-state index in [1.165, 1.54) is 0 Å². The maximum atomic E-state index is 12.2. The van der Waals surface area contributed by atoms with E-state index in [0.29, 0.717) is 18.7 Å². The van der Waals surface area contributed by atoms with Crippen LogP contribution in [0.1, 0.15) is 10.4 Å². The SMILES string of the molecule is C#CC1CNCCN1C(=O)c1ccccc1. The Balaban J connectivity index is 2.18. The van der Waals surface area contributed by atoms with E-state index < -0.39 is 0 Å². The van der Waals surface area contributed by atoms with E-state index in [2.05, 4.69) is 11.2 Å². The average molecular weight is 214 g/mol. The largest absolute Gasteiger partial charge is 0.322 e. The topological polar surface area (TPSA) is 32.3 Å². The average Bonchev–Trinajstić information content (AvgIpc) is 2.39. The van der Waals surface area contributed by atoms with Gasteiger partial charge in [0.25, 0.3) is 5.91 Å². The van der Waals surface area contributed by atoms with Gasteiger partial charge in [-0.05, 0) is 12.1 Å². The van der Waals surface area contributed by atoms with Crippen molar-refractivity contribution in [1.82, 2.24) is 10.2 Å². The predicted octanol–water partition coefficient (Wildman–Crippen LogP) is 0.734. The molecule has 1 unspecified atom stereocenters. The van der Waals surface area contributed by atoms with Crippen LogP contribution >= 0.6 is 0 Å². The number of hydrogen-bond donors (Lipinski definition) is 1. The first-order chi connectivity index (χ1) is 7.83. The van der Waals surface area contributed by atoms with Gasteiger partial charge in [0.2, 0.25) is 0 Å². The van der Waals surface area contributed by atoms with Crippen molar-refractivity contribution in [2.24, 2.45) is 0 Å². The zero-order chi connectivity index (χ0) is 11.4. The highest BCUT2D eigenvalue weighted by Gasteiger charge is 2.25. The van der Waals surface area contributed by atoms with Gasteiger partial charge in [-0.15, -0.1) is 6.42 Å². The first-order valence-electron chi connectivity index (χ1n) is 5.36. The molecule has 16 heavy (non-hydrogen) atoms. The summed E-state index contributed by atoms with van der Waals surface area (Å²) in [5.74, 6) is 2.67. The highest BCUT2D eigenvalue weighted by atomic mass is 16.2. The molecule has 1 heterocycles. The number of hydrogen-bond acceptors (Lipinski definition) is 2. The van der Waals surface area contributed by atoms with Gasteiger partial charge >= 0.3 is 0 Å². The summed E-state index contributed by atoms with van der Waals surface area (Å²) in [6, 6.07) is 9.12. The molecule has 0 aliphatic carbocycles. The molecule has 1 amide bonds. The van der Waals surface area contributed by atoms with Gasteiger partial charge < -0.3 is 10.2 Å². The number of amides is 1. The van der Waals surface area contributed by atoms with Crippen LogP contribution in [0.4, 0.5) is 0 Å². The zero-order valence-corrected chi connectivity index (χ0v) is 9.02. The second-order valence-electron chi connectivity index (χ2n) is 3.75. The standard InChI is InChI=1S/C13H14N2O/c1-2-12-10-14-8-9-15(12)13(16)11-6-4-3-5-7-11/h1,3-7,12,14H,8-10H2. The fourth-order valence-corrected chi connectivity index (χ4v) is 1.84. The number of carbonyl (C=O) groups is 1. The normalized spacial score (nSPS) is 20.2. The Morgan fingerprint density at radius 1 is 1.44 bits per heavy atom. The van der Waals surface area contributed by atoms with Crippen LogP contribution in [0.3, 0.4) is 0 Å². The lowest BCUT2D eigenvalue weighted by Gasteiger charge is -2.33. The van der Waals surface area contributed by atoms with E-state index in [4.69, 9.17) is 6.42 Å². The molecule has 2 rings (SSSR count). The molecule has 0 radical (unpaired) electrons. The molecule has 1 fully saturated rings. The van der Waals surface area contributed by atoms with Gasteiger partial charge in [0, 0.05) is 25.2 Å². The molecule has 1 aromatic rings. The maximum Gasteiger partial charge on any atom is 0.254 e. The highest BCUT2D eigenvalue weighted by Crippen LogP contribution is 2.09. The van der Waals surface area contributed by atoms with E-state index in [9.17, 15) is 4.79 Å². The molecule has 0 aromatic heterocycles. The second-order valence-corrected chi connectivity index (χ2v) is 3.75. The van der Waals surface area contributed by atoms with Crippen LogP contribution in [-0.2, 0) is 0 Å². The summed E-state index contributed by atoms with van der Waals surface area (Å²) < 4.78 is 0. The van der Waals surface area contributed by atoms with Crippen LogP contribution in [0.5, 0.6) is 0 Å². The number of piperazine rings is 1. The molecule has 0 saturated carbocycles. The molecule has 3 heteroatoms. The Morgan fingerprint density at radius 2 is 2.19 bits per heavy atom. The van der Waals surface area contributed by atoms with E-state index in [0.717, 1.165) is 6.54 Å². The van der Waals surface area contributed by atoms with Crippen LogP contribution in [0, 0.1) is 12.3 Å². The summed E-state index contributed by atoms with van der Waals surface area (Å²) in [5, 5.41) is 3.19. The monoisotopic (exact) mass is 214 g/mol. The molecule has 1 aliphatic heterocycles. The third-order valence-electron chi connectivity index (χ3n) is 2.72. The third kappa shape index (κ3) is 2.07. The Bertz CT molecular complexity index is 408. The van der Waals surface area contributed by atoms with E-state index in [1.807, 2.05) is 30.3 Å². The summed E-state index contributed by atoms with van der Waals surface area (Å²) in [6.07, 6.45) is 5.43. The lowest BCUT2D eigenvalue weighted by Crippen LogP contribution is -2.53. The minimum atomic E-state index is -0.138. The number of carbonyl (C=O) groups excluding carboxylic acids is 1. The van der Waals surface area contributed by atoms with Gasteiger partial charge in [0.15, 0.2) is 0 Å².